The number of morpholine rings is 1. The highest BCUT2D eigenvalue weighted by Gasteiger charge is 2.44. The second kappa shape index (κ2) is 9.13. The summed E-state index contributed by atoms with van der Waals surface area (Å²) >= 11 is 6.72. The van der Waals surface area contributed by atoms with E-state index in [4.69, 9.17) is 26.1 Å². The molecule has 3 saturated heterocycles. The summed E-state index contributed by atoms with van der Waals surface area (Å²) in [5.41, 5.74) is 4.45. The molecule has 2 bridgehead atoms. The Kier molecular flexibility index (Phi) is 5.96. The summed E-state index contributed by atoms with van der Waals surface area (Å²) in [4.78, 5) is 19.9. The number of aromatic nitrogens is 3. The summed E-state index contributed by atoms with van der Waals surface area (Å²) in [5.74, 6) is 1.47. The Labute approximate surface area is 209 Å². The minimum Gasteiger partial charge on any atom is -0.496 e. The number of likely N-dealkylation sites (tertiary alicyclic amines) is 1. The van der Waals surface area contributed by atoms with E-state index in [-0.39, 0.29) is 6.10 Å². The maximum absolute atomic E-state index is 9.84. The van der Waals surface area contributed by atoms with Crippen molar-refractivity contribution < 1.29 is 14.6 Å². The molecular weight excluding hydrogens is 468 g/mol. The highest BCUT2D eigenvalue weighted by atomic mass is 35.5. The van der Waals surface area contributed by atoms with Crippen LogP contribution in [0.5, 0.6) is 5.75 Å². The van der Waals surface area contributed by atoms with Gasteiger partial charge >= 0.3 is 0 Å². The lowest BCUT2D eigenvalue weighted by molar-refractivity contribution is 0.115. The lowest BCUT2D eigenvalue weighted by Gasteiger charge is -2.36. The van der Waals surface area contributed by atoms with Gasteiger partial charge in [-0.3, -0.25) is 4.90 Å². The molecule has 1 aromatic carbocycles. The Hall–Kier alpha value is -2.59. The first-order valence-electron chi connectivity index (χ1n) is 12.3. The third-order valence-electron chi connectivity index (χ3n) is 7.40. The van der Waals surface area contributed by atoms with Crippen LogP contribution in [0.1, 0.15) is 13.3 Å². The fraction of sp³-hybridized carbons (Fsp3) is 0.520. The molecule has 6 rings (SSSR count). The number of hydrogen-bond acceptors (Lipinski definition) is 8. The number of nitrogens with zero attached hydrogens (tertiary/aromatic N) is 5. The number of rotatable bonds is 6. The molecule has 3 aromatic rings. The van der Waals surface area contributed by atoms with Crippen LogP contribution >= 0.6 is 11.6 Å². The Morgan fingerprint density at radius 3 is 2.80 bits per heavy atom. The van der Waals surface area contributed by atoms with Crippen LogP contribution in [0.15, 0.2) is 24.4 Å². The number of H-pyrrole nitrogens is 1. The molecule has 2 aromatic heterocycles. The van der Waals surface area contributed by atoms with Crippen molar-refractivity contribution in [3.05, 3.63) is 29.4 Å². The fourth-order valence-electron chi connectivity index (χ4n) is 5.81. The molecule has 2 N–H and O–H groups in total. The van der Waals surface area contributed by atoms with Gasteiger partial charge in [0.05, 0.1) is 48.9 Å². The minimum atomic E-state index is -0.321. The predicted octanol–water partition coefficient (Wildman–Crippen LogP) is 2.77. The number of hydrogen-bond donors (Lipinski definition) is 2. The van der Waals surface area contributed by atoms with Gasteiger partial charge in [-0.1, -0.05) is 11.6 Å². The van der Waals surface area contributed by atoms with Crippen LogP contribution in [0.4, 0.5) is 11.4 Å². The topological polar surface area (TPSA) is 90.0 Å². The smallest absolute Gasteiger partial charge is 0.180 e. The van der Waals surface area contributed by atoms with Gasteiger partial charge in [0, 0.05) is 56.6 Å². The number of aromatic amines is 1. The number of aliphatic hydroxyl groups is 1. The van der Waals surface area contributed by atoms with Crippen molar-refractivity contribution in [1.29, 1.82) is 0 Å². The first-order valence-corrected chi connectivity index (χ1v) is 12.6. The standard InChI is InChI=1S/C25H31ClN6O3/c1-15(33)12-31-13-18-9-17(31)14-32(18)23-20(26)11-27-25-22(23)28-24(29-25)19-4-3-16(10-21(19)34-2)30-5-7-35-8-6-30/h3-4,10-11,15,17-18,33H,5-9,12-14H2,1-2H3,(H,27,28,29)/t15?,17-,18-/m0/s1. The summed E-state index contributed by atoms with van der Waals surface area (Å²) < 4.78 is 11.2. The highest BCUT2D eigenvalue weighted by molar-refractivity contribution is 6.34. The molecule has 0 radical (unpaired) electrons. The van der Waals surface area contributed by atoms with E-state index in [0.29, 0.717) is 35.1 Å². The monoisotopic (exact) mass is 498 g/mol. The molecular formula is C25H31ClN6O3. The van der Waals surface area contributed by atoms with E-state index in [1.165, 1.54) is 0 Å². The van der Waals surface area contributed by atoms with Gasteiger partial charge in [-0.05, 0) is 25.5 Å². The van der Waals surface area contributed by atoms with Crippen molar-refractivity contribution >= 4 is 34.1 Å². The molecule has 0 spiro atoms. The Bertz CT molecular complexity index is 1230. The van der Waals surface area contributed by atoms with Gasteiger partial charge < -0.3 is 29.4 Å². The molecule has 35 heavy (non-hydrogen) atoms. The first kappa shape index (κ1) is 22.8. The molecule has 1 unspecified atom stereocenters. The van der Waals surface area contributed by atoms with Crippen molar-refractivity contribution in [3.8, 4) is 17.1 Å². The highest BCUT2D eigenvalue weighted by Crippen LogP contribution is 2.42. The molecule has 186 valence electrons. The quantitative estimate of drug-likeness (QED) is 0.536. The molecule has 3 atom stereocenters. The molecule has 3 aliphatic heterocycles. The summed E-state index contributed by atoms with van der Waals surface area (Å²) in [6, 6.07) is 6.99. The van der Waals surface area contributed by atoms with E-state index < -0.39 is 0 Å². The maximum atomic E-state index is 9.84. The van der Waals surface area contributed by atoms with Gasteiger partial charge in [-0.25, -0.2) is 9.97 Å². The number of piperazine rings is 1. The van der Waals surface area contributed by atoms with E-state index in [1.807, 2.05) is 13.0 Å². The number of halogens is 1. The van der Waals surface area contributed by atoms with Crippen molar-refractivity contribution in [3.63, 3.8) is 0 Å². The second-order valence-corrected chi connectivity index (χ2v) is 10.1. The zero-order chi connectivity index (χ0) is 24.1. The van der Waals surface area contributed by atoms with Gasteiger partial charge in [0.15, 0.2) is 5.65 Å². The number of anilines is 2. The fourth-order valence-corrected chi connectivity index (χ4v) is 6.06. The number of aliphatic hydroxyl groups excluding tert-OH is 1. The van der Waals surface area contributed by atoms with Crippen LogP contribution in [0.2, 0.25) is 5.02 Å². The summed E-state index contributed by atoms with van der Waals surface area (Å²) in [5, 5.41) is 10.5. The lowest BCUT2D eigenvalue weighted by atomic mass is 10.1. The number of ether oxygens (including phenoxy) is 2. The van der Waals surface area contributed by atoms with E-state index in [0.717, 1.165) is 74.0 Å². The molecule has 5 heterocycles. The normalized spacial score (nSPS) is 23.4. The largest absolute Gasteiger partial charge is 0.496 e. The third kappa shape index (κ3) is 4.10. The van der Waals surface area contributed by atoms with Crippen LogP contribution in [0.25, 0.3) is 22.6 Å². The summed E-state index contributed by atoms with van der Waals surface area (Å²) in [6.45, 7) is 7.56. The van der Waals surface area contributed by atoms with E-state index in [9.17, 15) is 5.11 Å². The molecule has 0 aliphatic carbocycles. The predicted molar refractivity (Wildman–Crippen MR) is 137 cm³/mol. The van der Waals surface area contributed by atoms with Crippen LogP contribution in [0.3, 0.4) is 0 Å². The third-order valence-corrected chi connectivity index (χ3v) is 7.68. The first-order chi connectivity index (χ1) is 17.0. The number of imidazole rings is 1. The number of nitrogens with one attached hydrogen (secondary N) is 1. The maximum Gasteiger partial charge on any atom is 0.180 e. The van der Waals surface area contributed by atoms with Gasteiger partial charge in [-0.15, -0.1) is 0 Å². The van der Waals surface area contributed by atoms with Crippen molar-refractivity contribution in [2.24, 2.45) is 0 Å². The van der Waals surface area contributed by atoms with Gasteiger partial charge in [0.1, 0.15) is 17.1 Å². The zero-order valence-electron chi connectivity index (χ0n) is 20.1. The van der Waals surface area contributed by atoms with Crippen molar-refractivity contribution in [2.45, 2.75) is 31.5 Å². The van der Waals surface area contributed by atoms with Gasteiger partial charge in [0.25, 0.3) is 0 Å². The van der Waals surface area contributed by atoms with E-state index >= 15 is 0 Å². The summed E-state index contributed by atoms with van der Waals surface area (Å²) in [7, 11) is 1.69. The Balaban J connectivity index is 1.33. The average Bonchev–Trinajstić information content (AvgIpc) is 3.58. The number of pyridine rings is 1. The number of fused-ring (bicyclic) bond motifs is 3. The van der Waals surface area contributed by atoms with Crippen LogP contribution in [-0.2, 0) is 4.74 Å². The van der Waals surface area contributed by atoms with Gasteiger partial charge in [-0.2, -0.15) is 0 Å². The van der Waals surface area contributed by atoms with Crippen LogP contribution in [-0.4, -0.2) is 96.2 Å². The van der Waals surface area contributed by atoms with E-state index in [2.05, 4.69) is 36.8 Å². The van der Waals surface area contributed by atoms with Gasteiger partial charge in [0.2, 0.25) is 0 Å². The molecule has 0 saturated carbocycles. The lowest BCUT2D eigenvalue weighted by Crippen LogP contribution is -2.48. The van der Waals surface area contributed by atoms with E-state index in [1.54, 1.807) is 13.3 Å². The molecule has 10 heteroatoms. The molecule has 9 nitrogen and oxygen atoms in total. The Morgan fingerprint density at radius 1 is 1.26 bits per heavy atom. The SMILES string of the molecule is COc1cc(N2CCOCC2)ccc1-c1nc2ncc(Cl)c(N3C[C@@H]4C[C@H]3CN4CC(C)O)c2[nH]1. The number of methoxy groups -OCH3 is 1. The van der Waals surface area contributed by atoms with Crippen molar-refractivity contribution in [2.75, 3.05) is 62.8 Å². The molecule has 3 fully saturated rings. The minimum absolute atomic E-state index is 0.321. The zero-order valence-corrected chi connectivity index (χ0v) is 20.8. The molecule has 3 aliphatic rings. The number of benzene rings is 1. The second-order valence-electron chi connectivity index (χ2n) is 9.72. The Morgan fingerprint density at radius 2 is 2.09 bits per heavy atom. The van der Waals surface area contributed by atoms with Crippen molar-refractivity contribution in [1.82, 2.24) is 19.9 Å². The van der Waals surface area contributed by atoms with Crippen LogP contribution < -0.4 is 14.5 Å². The van der Waals surface area contributed by atoms with Crippen LogP contribution in [0, 0.1) is 0 Å². The summed E-state index contributed by atoms with van der Waals surface area (Å²) in [6.07, 6.45) is 2.45. The number of β-amino-alcohol motifs (C(OH)–C–C–N with tert-alkyl or cyclic N) is 1. The molecule has 0 amide bonds. The average molecular weight is 499 g/mol.